The van der Waals surface area contributed by atoms with Crippen LogP contribution in [0.25, 0.3) is 0 Å². The zero-order valence-electron chi connectivity index (χ0n) is 11.9. The van der Waals surface area contributed by atoms with Gasteiger partial charge >= 0.3 is 6.09 Å². The van der Waals surface area contributed by atoms with E-state index in [0.29, 0.717) is 13.0 Å². The highest BCUT2D eigenvalue weighted by Crippen LogP contribution is 2.15. The van der Waals surface area contributed by atoms with Crippen LogP contribution in [0, 0.1) is 0 Å². The number of piperidine rings is 1. The fourth-order valence-electron chi connectivity index (χ4n) is 1.99. The molecule has 1 fully saturated rings. The Morgan fingerprint density at radius 2 is 2.06 bits per heavy atom. The van der Waals surface area contributed by atoms with Crippen LogP contribution in [0.5, 0.6) is 0 Å². The summed E-state index contributed by atoms with van der Waals surface area (Å²) in [6.07, 6.45) is 0.693. The van der Waals surface area contributed by atoms with Gasteiger partial charge in [-0.25, -0.2) is 4.79 Å². The maximum absolute atomic E-state index is 11.8. The van der Waals surface area contributed by atoms with E-state index >= 15 is 0 Å². The largest absolute Gasteiger partial charge is 0.444 e. The standard InChI is InChI=1S/C13H24N2O3/c1-9(2)15-7-6-10(8-11(15)16)14-12(17)18-13(3,4)5/h9-10H,6-8H2,1-5H3,(H,14,17). The minimum Gasteiger partial charge on any atom is -0.444 e. The van der Waals surface area contributed by atoms with E-state index in [1.165, 1.54) is 0 Å². The van der Waals surface area contributed by atoms with Crippen molar-refractivity contribution >= 4 is 12.0 Å². The highest BCUT2D eigenvalue weighted by atomic mass is 16.6. The first kappa shape index (κ1) is 14.8. The van der Waals surface area contributed by atoms with Gasteiger partial charge in [0.25, 0.3) is 0 Å². The molecule has 18 heavy (non-hydrogen) atoms. The number of hydrogen-bond donors (Lipinski definition) is 1. The Balaban J connectivity index is 2.43. The van der Waals surface area contributed by atoms with Crippen molar-refractivity contribution < 1.29 is 14.3 Å². The Morgan fingerprint density at radius 1 is 1.44 bits per heavy atom. The first-order valence-corrected chi connectivity index (χ1v) is 6.48. The van der Waals surface area contributed by atoms with Gasteiger partial charge in [0, 0.05) is 25.0 Å². The first-order valence-electron chi connectivity index (χ1n) is 6.48. The minimum absolute atomic E-state index is 0.0947. The topological polar surface area (TPSA) is 58.6 Å². The van der Waals surface area contributed by atoms with Crippen molar-refractivity contribution in [1.29, 1.82) is 0 Å². The fraction of sp³-hybridized carbons (Fsp3) is 0.846. The van der Waals surface area contributed by atoms with Gasteiger partial charge in [-0.1, -0.05) is 0 Å². The van der Waals surface area contributed by atoms with Crippen LogP contribution in [0.2, 0.25) is 0 Å². The SMILES string of the molecule is CC(C)N1CCC(NC(=O)OC(C)(C)C)CC1=O. The number of carbonyl (C=O) groups excluding carboxylic acids is 2. The lowest BCUT2D eigenvalue weighted by Gasteiger charge is -2.35. The summed E-state index contributed by atoms with van der Waals surface area (Å²) < 4.78 is 5.18. The smallest absolute Gasteiger partial charge is 0.407 e. The second-order valence-electron chi connectivity index (χ2n) is 6.02. The predicted molar refractivity (Wildman–Crippen MR) is 69.2 cm³/mol. The van der Waals surface area contributed by atoms with Gasteiger partial charge in [-0.15, -0.1) is 0 Å². The second-order valence-corrected chi connectivity index (χ2v) is 6.02. The van der Waals surface area contributed by atoms with Crippen molar-refractivity contribution in [3.05, 3.63) is 0 Å². The molecular formula is C13H24N2O3. The summed E-state index contributed by atoms with van der Waals surface area (Å²) in [6, 6.07) is 0.113. The van der Waals surface area contributed by atoms with Gasteiger partial charge in [-0.3, -0.25) is 4.79 Å². The van der Waals surface area contributed by atoms with Crippen molar-refractivity contribution in [3.8, 4) is 0 Å². The van der Waals surface area contributed by atoms with Crippen LogP contribution in [-0.4, -0.2) is 41.1 Å². The Labute approximate surface area is 109 Å². The van der Waals surface area contributed by atoms with Gasteiger partial charge in [0.15, 0.2) is 0 Å². The molecule has 1 N–H and O–H groups in total. The number of nitrogens with one attached hydrogen (secondary N) is 1. The first-order chi connectivity index (χ1) is 8.19. The molecule has 0 saturated carbocycles. The molecule has 0 radical (unpaired) electrons. The molecule has 1 rings (SSSR count). The van der Waals surface area contributed by atoms with Crippen molar-refractivity contribution in [2.24, 2.45) is 0 Å². The van der Waals surface area contributed by atoms with E-state index < -0.39 is 11.7 Å². The lowest BCUT2D eigenvalue weighted by Crippen LogP contribution is -2.50. The molecule has 5 nitrogen and oxygen atoms in total. The molecule has 1 unspecified atom stereocenters. The number of alkyl carbamates (subject to hydrolysis) is 1. The summed E-state index contributed by atoms with van der Waals surface area (Å²) in [5, 5.41) is 2.76. The quantitative estimate of drug-likeness (QED) is 0.821. The summed E-state index contributed by atoms with van der Waals surface area (Å²) >= 11 is 0. The predicted octanol–water partition coefficient (Wildman–Crippen LogP) is 1.91. The molecule has 0 aliphatic carbocycles. The van der Waals surface area contributed by atoms with Gasteiger partial charge in [0.1, 0.15) is 5.60 Å². The Bertz CT molecular complexity index is 321. The number of ether oxygens (including phenoxy) is 1. The van der Waals surface area contributed by atoms with Gasteiger partial charge in [0.2, 0.25) is 5.91 Å². The highest BCUT2D eigenvalue weighted by molar-refractivity contribution is 5.79. The molecule has 0 aromatic heterocycles. The average molecular weight is 256 g/mol. The van der Waals surface area contributed by atoms with E-state index in [9.17, 15) is 9.59 Å². The van der Waals surface area contributed by atoms with Crippen molar-refractivity contribution in [1.82, 2.24) is 10.2 Å². The Morgan fingerprint density at radius 3 is 2.50 bits per heavy atom. The monoisotopic (exact) mass is 256 g/mol. The summed E-state index contributed by atoms with van der Waals surface area (Å²) in [6.45, 7) is 10.1. The van der Waals surface area contributed by atoms with E-state index in [-0.39, 0.29) is 18.0 Å². The minimum atomic E-state index is -0.507. The number of amides is 2. The van der Waals surface area contributed by atoms with Crippen LogP contribution in [0.1, 0.15) is 47.5 Å². The van der Waals surface area contributed by atoms with E-state index in [4.69, 9.17) is 4.74 Å². The van der Waals surface area contributed by atoms with Crippen LogP contribution in [-0.2, 0) is 9.53 Å². The van der Waals surface area contributed by atoms with Gasteiger partial charge in [-0.05, 0) is 41.0 Å². The van der Waals surface area contributed by atoms with E-state index in [0.717, 1.165) is 6.42 Å². The molecule has 1 atom stereocenters. The van der Waals surface area contributed by atoms with Crippen molar-refractivity contribution in [3.63, 3.8) is 0 Å². The summed E-state index contributed by atoms with van der Waals surface area (Å²) in [5.74, 6) is 0.0947. The van der Waals surface area contributed by atoms with E-state index in [1.807, 2.05) is 39.5 Å². The maximum Gasteiger partial charge on any atom is 0.407 e. The molecule has 0 aromatic carbocycles. The Hall–Kier alpha value is -1.26. The zero-order chi connectivity index (χ0) is 13.9. The lowest BCUT2D eigenvalue weighted by atomic mass is 10.0. The van der Waals surface area contributed by atoms with Crippen LogP contribution >= 0.6 is 0 Å². The van der Waals surface area contributed by atoms with E-state index in [1.54, 1.807) is 0 Å². The van der Waals surface area contributed by atoms with Gasteiger partial charge < -0.3 is 15.0 Å². The lowest BCUT2D eigenvalue weighted by molar-refractivity contribution is -0.135. The Kier molecular flexibility index (Phi) is 4.59. The molecule has 104 valence electrons. The molecule has 0 bridgehead atoms. The van der Waals surface area contributed by atoms with Crippen LogP contribution in [0.15, 0.2) is 0 Å². The van der Waals surface area contributed by atoms with Crippen LogP contribution in [0.4, 0.5) is 4.79 Å². The molecule has 5 heteroatoms. The van der Waals surface area contributed by atoms with Crippen molar-refractivity contribution in [2.75, 3.05) is 6.54 Å². The third-order valence-corrected chi connectivity index (χ3v) is 2.80. The molecule has 1 heterocycles. The molecule has 1 saturated heterocycles. The normalized spacial score (nSPS) is 21.1. The molecule has 2 amide bonds. The third-order valence-electron chi connectivity index (χ3n) is 2.80. The zero-order valence-corrected chi connectivity index (χ0v) is 11.9. The van der Waals surface area contributed by atoms with Gasteiger partial charge in [0.05, 0.1) is 0 Å². The fourth-order valence-corrected chi connectivity index (χ4v) is 1.99. The maximum atomic E-state index is 11.8. The number of carbonyl (C=O) groups is 2. The number of hydrogen-bond acceptors (Lipinski definition) is 3. The summed E-state index contributed by atoms with van der Waals surface area (Å²) in [5.41, 5.74) is -0.507. The number of nitrogens with zero attached hydrogens (tertiary/aromatic N) is 1. The number of likely N-dealkylation sites (tertiary alicyclic amines) is 1. The summed E-state index contributed by atoms with van der Waals surface area (Å²) in [7, 11) is 0. The number of rotatable bonds is 2. The van der Waals surface area contributed by atoms with Crippen molar-refractivity contribution in [2.45, 2.75) is 65.1 Å². The molecular weight excluding hydrogens is 232 g/mol. The molecule has 0 aromatic rings. The average Bonchev–Trinajstić information content (AvgIpc) is 2.13. The molecule has 1 aliphatic heterocycles. The van der Waals surface area contributed by atoms with Crippen LogP contribution < -0.4 is 5.32 Å². The third kappa shape index (κ3) is 4.55. The van der Waals surface area contributed by atoms with E-state index in [2.05, 4.69) is 5.32 Å². The molecule has 0 spiro atoms. The van der Waals surface area contributed by atoms with Crippen LogP contribution in [0.3, 0.4) is 0 Å². The summed E-state index contributed by atoms with van der Waals surface area (Å²) in [4.78, 5) is 25.3. The highest BCUT2D eigenvalue weighted by Gasteiger charge is 2.29. The second kappa shape index (κ2) is 5.59. The molecule has 1 aliphatic rings. The van der Waals surface area contributed by atoms with Gasteiger partial charge in [-0.2, -0.15) is 0 Å².